The molecule has 0 bridgehead atoms. The predicted molar refractivity (Wildman–Crippen MR) is 95.8 cm³/mol. The molecule has 0 atom stereocenters. The van der Waals surface area contributed by atoms with Crippen molar-refractivity contribution in [2.45, 2.75) is 52.4 Å². The average Bonchev–Trinajstić information content (AvgIpc) is 2.55. The third-order valence-corrected chi connectivity index (χ3v) is 5.20. The van der Waals surface area contributed by atoms with Gasteiger partial charge in [0.25, 0.3) is 0 Å². The van der Waals surface area contributed by atoms with Crippen LogP contribution in [-0.4, -0.2) is 0 Å². The third kappa shape index (κ3) is 4.22. The van der Waals surface area contributed by atoms with Crippen molar-refractivity contribution in [1.82, 2.24) is 0 Å². The van der Waals surface area contributed by atoms with Crippen LogP contribution in [0.4, 0.5) is 4.39 Å². The molecule has 0 unspecified atom stereocenters. The highest BCUT2D eigenvalue weighted by Crippen LogP contribution is 2.32. The molecule has 1 saturated carbocycles. The minimum Gasteiger partial charge on any atom is -0.206 e. The van der Waals surface area contributed by atoms with Gasteiger partial charge >= 0.3 is 0 Å². The summed E-state index contributed by atoms with van der Waals surface area (Å²) in [7, 11) is 0. The van der Waals surface area contributed by atoms with Gasteiger partial charge in [0.2, 0.25) is 0 Å². The van der Waals surface area contributed by atoms with Crippen molar-refractivity contribution >= 4 is 0 Å². The summed E-state index contributed by atoms with van der Waals surface area (Å²) in [4.78, 5) is 0. The molecule has 23 heavy (non-hydrogen) atoms. The zero-order chi connectivity index (χ0) is 16.2. The summed E-state index contributed by atoms with van der Waals surface area (Å²) >= 11 is 0. The largest absolute Gasteiger partial charge is 0.206 e. The second kappa shape index (κ2) is 7.29. The van der Waals surface area contributed by atoms with Crippen LogP contribution >= 0.6 is 0 Å². The minimum absolute atomic E-state index is 0.0980. The molecule has 3 rings (SSSR count). The fraction of sp³-hybridized carbons (Fsp3) is 0.409. The quantitative estimate of drug-likeness (QED) is 0.603. The lowest BCUT2D eigenvalue weighted by Gasteiger charge is -2.25. The SMILES string of the molecule is C[C]1CCC(CCc2ccc(-c3ccc(C)cc3)c(F)c2)CC1. The fourth-order valence-electron chi connectivity index (χ4n) is 3.51. The Balaban J connectivity index is 1.64. The van der Waals surface area contributed by atoms with Gasteiger partial charge in [0.1, 0.15) is 5.82 Å². The second-order valence-corrected chi connectivity index (χ2v) is 7.12. The summed E-state index contributed by atoms with van der Waals surface area (Å²) in [6.45, 7) is 4.32. The maximum absolute atomic E-state index is 14.4. The fourth-order valence-corrected chi connectivity index (χ4v) is 3.51. The van der Waals surface area contributed by atoms with Gasteiger partial charge in [-0.25, -0.2) is 4.39 Å². The number of hydrogen-bond acceptors (Lipinski definition) is 0. The highest BCUT2D eigenvalue weighted by atomic mass is 19.1. The standard InChI is InChI=1S/C22H26F/c1-16-3-7-18(8-4-16)9-10-19-11-14-21(22(23)15-19)20-12-5-17(2)6-13-20/h5-6,11-15,18H,3-4,7-10H2,1-2H3. The molecule has 2 aromatic carbocycles. The summed E-state index contributed by atoms with van der Waals surface area (Å²) in [5, 5.41) is 0. The molecule has 121 valence electrons. The van der Waals surface area contributed by atoms with Gasteiger partial charge in [-0.2, -0.15) is 0 Å². The Morgan fingerprint density at radius 1 is 0.957 bits per heavy atom. The van der Waals surface area contributed by atoms with E-state index in [2.05, 4.69) is 13.0 Å². The zero-order valence-electron chi connectivity index (χ0n) is 14.2. The van der Waals surface area contributed by atoms with Crippen LogP contribution in [0.3, 0.4) is 0 Å². The van der Waals surface area contributed by atoms with E-state index in [-0.39, 0.29) is 5.82 Å². The molecular weight excluding hydrogens is 283 g/mol. The predicted octanol–water partition coefficient (Wildman–Crippen LogP) is 6.52. The Hall–Kier alpha value is -1.63. The molecule has 1 aliphatic carbocycles. The molecule has 0 spiro atoms. The normalized spacial score (nSPS) is 16.7. The van der Waals surface area contributed by atoms with Crippen LogP contribution in [0.1, 0.15) is 50.2 Å². The monoisotopic (exact) mass is 309 g/mol. The zero-order valence-corrected chi connectivity index (χ0v) is 14.2. The van der Waals surface area contributed by atoms with Crippen molar-refractivity contribution in [2.24, 2.45) is 5.92 Å². The molecule has 0 aromatic heterocycles. The van der Waals surface area contributed by atoms with Gasteiger partial charge in [-0.1, -0.05) is 48.9 Å². The highest BCUT2D eigenvalue weighted by molar-refractivity contribution is 5.64. The first-order chi connectivity index (χ1) is 11.1. The van der Waals surface area contributed by atoms with Crippen molar-refractivity contribution in [3.8, 4) is 11.1 Å². The molecular formula is C22H26F. The molecule has 0 heterocycles. The third-order valence-electron chi connectivity index (χ3n) is 5.20. The lowest BCUT2D eigenvalue weighted by Crippen LogP contribution is -2.11. The molecule has 0 saturated heterocycles. The number of halogens is 1. The van der Waals surface area contributed by atoms with Gasteiger partial charge in [0, 0.05) is 5.56 Å². The van der Waals surface area contributed by atoms with Crippen molar-refractivity contribution in [1.29, 1.82) is 0 Å². The van der Waals surface area contributed by atoms with E-state index in [4.69, 9.17) is 0 Å². The van der Waals surface area contributed by atoms with E-state index in [9.17, 15) is 4.39 Å². The van der Waals surface area contributed by atoms with Crippen LogP contribution in [0.15, 0.2) is 42.5 Å². The Kier molecular flexibility index (Phi) is 5.15. The van der Waals surface area contributed by atoms with Gasteiger partial charge in [-0.05, 0) is 74.5 Å². The Morgan fingerprint density at radius 3 is 2.30 bits per heavy atom. The molecule has 0 amide bonds. The van der Waals surface area contributed by atoms with E-state index in [1.165, 1.54) is 37.7 Å². The molecule has 0 aliphatic heterocycles. The smallest absolute Gasteiger partial charge is 0.131 e. The lowest BCUT2D eigenvalue weighted by molar-refractivity contribution is 0.358. The minimum atomic E-state index is -0.0980. The average molecular weight is 309 g/mol. The molecule has 2 aromatic rings. The number of rotatable bonds is 4. The molecule has 1 heteroatoms. The van der Waals surface area contributed by atoms with Gasteiger partial charge in [-0.15, -0.1) is 0 Å². The van der Waals surface area contributed by atoms with Crippen LogP contribution in [0.25, 0.3) is 11.1 Å². The summed E-state index contributed by atoms with van der Waals surface area (Å²) in [6, 6.07) is 13.8. The molecule has 1 fully saturated rings. The Bertz CT molecular complexity index is 634. The van der Waals surface area contributed by atoms with Gasteiger partial charge < -0.3 is 0 Å². The molecule has 0 N–H and O–H groups in total. The summed E-state index contributed by atoms with van der Waals surface area (Å²) in [5.74, 6) is 2.37. The van der Waals surface area contributed by atoms with E-state index in [1.54, 1.807) is 12.0 Å². The molecule has 0 nitrogen and oxygen atoms in total. The number of benzene rings is 2. The Morgan fingerprint density at radius 2 is 1.65 bits per heavy atom. The lowest BCUT2D eigenvalue weighted by atomic mass is 9.80. The van der Waals surface area contributed by atoms with Crippen molar-refractivity contribution in [2.75, 3.05) is 0 Å². The van der Waals surface area contributed by atoms with E-state index < -0.39 is 0 Å². The van der Waals surface area contributed by atoms with Crippen molar-refractivity contribution in [3.05, 3.63) is 65.3 Å². The maximum atomic E-state index is 14.4. The van der Waals surface area contributed by atoms with E-state index in [1.807, 2.05) is 37.3 Å². The van der Waals surface area contributed by atoms with Crippen LogP contribution in [0.2, 0.25) is 0 Å². The van der Waals surface area contributed by atoms with Crippen molar-refractivity contribution in [3.63, 3.8) is 0 Å². The highest BCUT2D eigenvalue weighted by Gasteiger charge is 2.18. The summed E-state index contributed by atoms with van der Waals surface area (Å²) in [5.41, 5.74) is 3.99. The van der Waals surface area contributed by atoms with Crippen LogP contribution < -0.4 is 0 Å². The van der Waals surface area contributed by atoms with E-state index >= 15 is 0 Å². The molecule has 1 radical (unpaired) electrons. The van der Waals surface area contributed by atoms with E-state index in [0.29, 0.717) is 5.56 Å². The van der Waals surface area contributed by atoms with Gasteiger partial charge in [0.05, 0.1) is 0 Å². The first-order valence-corrected chi connectivity index (χ1v) is 8.78. The van der Waals surface area contributed by atoms with E-state index in [0.717, 1.165) is 23.5 Å². The van der Waals surface area contributed by atoms with Crippen LogP contribution in [0.5, 0.6) is 0 Å². The first kappa shape index (κ1) is 16.2. The molecule has 1 aliphatic rings. The first-order valence-electron chi connectivity index (χ1n) is 8.78. The summed E-state index contributed by atoms with van der Waals surface area (Å²) in [6.07, 6.45) is 7.38. The Labute approximate surface area is 139 Å². The topological polar surface area (TPSA) is 0 Å². The number of aryl methyl sites for hydroxylation is 2. The van der Waals surface area contributed by atoms with Crippen molar-refractivity contribution < 1.29 is 4.39 Å². The maximum Gasteiger partial charge on any atom is 0.131 e. The van der Waals surface area contributed by atoms with Gasteiger partial charge in [0.15, 0.2) is 0 Å². The van der Waals surface area contributed by atoms with Crippen LogP contribution in [0, 0.1) is 24.6 Å². The number of hydrogen-bond donors (Lipinski definition) is 0. The summed E-state index contributed by atoms with van der Waals surface area (Å²) < 4.78 is 14.4. The van der Waals surface area contributed by atoms with Crippen LogP contribution in [-0.2, 0) is 6.42 Å². The second-order valence-electron chi connectivity index (χ2n) is 7.12. The van der Waals surface area contributed by atoms with Gasteiger partial charge in [-0.3, -0.25) is 0 Å².